The van der Waals surface area contributed by atoms with Crippen LogP contribution >= 0.6 is 0 Å². The van der Waals surface area contributed by atoms with Gasteiger partial charge in [-0.1, -0.05) is 37.5 Å². The van der Waals surface area contributed by atoms with Gasteiger partial charge in [0.15, 0.2) is 0 Å². The molecule has 1 saturated heterocycles. The van der Waals surface area contributed by atoms with E-state index in [1.165, 1.54) is 18.6 Å². The van der Waals surface area contributed by atoms with E-state index < -0.39 is 0 Å². The molecule has 0 bridgehead atoms. The Labute approximate surface area is 199 Å². The number of carbonyl (C=O) groups excluding carboxylic acids is 2. The molecule has 5 rings (SSSR count). The Bertz CT molecular complexity index is 1180. The minimum atomic E-state index is -0.306. The van der Waals surface area contributed by atoms with Crippen molar-refractivity contribution in [1.29, 1.82) is 0 Å². The SMILES string of the molecule is O=C(NC1CCN(C(=O)c2cc(-c3ccc(F)cc3)nc3ccccc23)CC1)C1CCCCC1. The molecule has 1 aliphatic carbocycles. The lowest BCUT2D eigenvalue weighted by atomic mass is 9.88. The van der Waals surface area contributed by atoms with Crippen LogP contribution in [0.3, 0.4) is 0 Å². The van der Waals surface area contributed by atoms with Crippen LogP contribution in [0, 0.1) is 11.7 Å². The fourth-order valence-corrected chi connectivity index (χ4v) is 5.20. The van der Waals surface area contributed by atoms with Crippen LogP contribution in [0.15, 0.2) is 54.6 Å². The molecular weight excluding hydrogens is 429 g/mol. The number of benzene rings is 2. The van der Waals surface area contributed by atoms with E-state index in [1.807, 2.05) is 35.2 Å². The number of rotatable bonds is 4. The Balaban J connectivity index is 1.31. The number of pyridine rings is 1. The largest absolute Gasteiger partial charge is 0.353 e. The molecule has 2 aliphatic rings. The quantitative estimate of drug-likeness (QED) is 0.573. The molecule has 2 fully saturated rings. The minimum absolute atomic E-state index is 0.0287. The van der Waals surface area contributed by atoms with Gasteiger partial charge in [0.05, 0.1) is 16.8 Å². The molecule has 2 amide bonds. The monoisotopic (exact) mass is 459 g/mol. The maximum absolute atomic E-state index is 13.6. The molecule has 2 heterocycles. The summed E-state index contributed by atoms with van der Waals surface area (Å²) >= 11 is 0. The van der Waals surface area contributed by atoms with E-state index in [0.717, 1.165) is 55.0 Å². The maximum Gasteiger partial charge on any atom is 0.254 e. The van der Waals surface area contributed by atoms with Crippen LogP contribution in [0.4, 0.5) is 4.39 Å². The summed E-state index contributed by atoms with van der Waals surface area (Å²) in [6.45, 7) is 1.22. The summed E-state index contributed by atoms with van der Waals surface area (Å²) in [5, 5.41) is 4.05. The number of amides is 2. The van der Waals surface area contributed by atoms with E-state index >= 15 is 0 Å². The molecule has 6 heteroatoms. The molecule has 1 aromatic heterocycles. The molecule has 34 heavy (non-hydrogen) atoms. The zero-order valence-electron chi connectivity index (χ0n) is 19.3. The first kappa shape index (κ1) is 22.5. The normalized spacial score (nSPS) is 17.6. The molecule has 1 N–H and O–H groups in total. The number of nitrogens with zero attached hydrogens (tertiary/aromatic N) is 2. The fourth-order valence-electron chi connectivity index (χ4n) is 5.20. The van der Waals surface area contributed by atoms with Gasteiger partial charge in [-0.3, -0.25) is 9.59 Å². The predicted octanol–water partition coefficient (Wildman–Crippen LogP) is 5.34. The van der Waals surface area contributed by atoms with Gasteiger partial charge in [-0.25, -0.2) is 9.37 Å². The van der Waals surface area contributed by atoms with Gasteiger partial charge in [0.2, 0.25) is 5.91 Å². The molecular formula is C28H30FN3O2. The Kier molecular flexibility index (Phi) is 6.57. The molecule has 3 aromatic rings. The Morgan fingerprint density at radius 2 is 1.62 bits per heavy atom. The van der Waals surface area contributed by atoms with Gasteiger partial charge in [0, 0.05) is 36.0 Å². The molecule has 2 aromatic carbocycles. The number of nitrogens with one attached hydrogen (secondary N) is 1. The van der Waals surface area contributed by atoms with Gasteiger partial charge < -0.3 is 10.2 Å². The molecule has 5 nitrogen and oxygen atoms in total. The number of hydrogen-bond acceptors (Lipinski definition) is 3. The molecule has 0 spiro atoms. The standard InChI is InChI=1S/C28H30FN3O2/c29-21-12-10-19(11-13-21)26-18-24(23-8-4-5-9-25(23)31-26)28(34)32-16-14-22(15-17-32)30-27(33)20-6-2-1-3-7-20/h4-5,8-13,18,20,22H,1-3,6-7,14-17H2,(H,30,33). The van der Waals surface area contributed by atoms with Gasteiger partial charge in [-0.05, 0) is 62.1 Å². The topological polar surface area (TPSA) is 62.3 Å². The number of hydrogen-bond donors (Lipinski definition) is 1. The predicted molar refractivity (Wildman–Crippen MR) is 131 cm³/mol. The van der Waals surface area contributed by atoms with E-state index in [2.05, 4.69) is 5.32 Å². The molecule has 0 atom stereocenters. The molecule has 1 aliphatic heterocycles. The number of likely N-dealkylation sites (tertiary alicyclic amines) is 1. The summed E-state index contributed by atoms with van der Waals surface area (Å²) in [6.07, 6.45) is 7.03. The van der Waals surface area contributed by atoms with E-state index in [0.29, 0.717) is 24.3 Å². The van der Waals surface area contributed by atoms with Crippen molar-refractivity contribution in [2.45, 2.75) is 51.0 Å². The van der Waals surface area contributed by atoms with Crippen LogP contribution in [0.2, 0.25) is 0 Å². The molecule has 176 valence electrons. The third-order valence-corrected chi connectivity index (χ3v) is 7.19. The van der Waals surface area contributed by atoms with Crippen molar-refractivity contribution >= 4 is 22.7 Å². The second-order valence-corrected chi connectivity index (χ2v) is 9.49. The van der Waals surface area contributed by atoms with Crippen LogP contribution in [0.5, 0.6) is 0 Å². The highest BCUT2D eigenvalue weighted by molar-refractivity contribution is 6.07. The number of halogens is 1. The van der Waals surface area contributed by atoms with Crippen LogP contribution in [-0.2, 0) is 4.79 Å². The fraction of sp³-hybridized carbons (Fsp3) is 0.393. The van der Waals surface area contributed by atoms with Gasteiger partial charge in [0.1, 0.15) is 5.82 Å². The zero-order valence-corrected chi connectivity index (χ0v) is 19.3. The smallest absolute Gasteiger partial charge is 0.254 e. The Morgan fingerprint density at radius 1 is 0.912 bits per heavy atom. The second-order valence-electron chi connectivity index (χ2n) is 9.49. The van der Waals surface area contributed by atoms with Crippen molar-refractivity contribution in [1.82, 2.24) is 15.2 Å². The van der Waals surface area contributed by atoms with Crippen LogP contribution in [-0.4, -0.2) is 40.8 Å². The Morgan fingerprint density at radius 3 is 2.35 bits per heavy atom. The van der Waals surface area contributed by atoms with E-state index in [1.54, 1.807) is 12.1 Å². The number of fused-ring (bicyclic) bond motifs is 1. The summed E-state index contributed by atoms with van der Waals surface area (Å²) in [4.78, 5) is 32.8. The van der Waals surface area contributed by atoms with Gasteiger partial charge in [-0.2, -0.15) is 0 Å². The first-order valence-corrected chi connectivity index (χ1v) is 12.3. The average molecular weight is 460 g/mol. The van der Waals surface area contributed by atoms with Crippen molar-refractivity contribution in [3.05, 3.63) is 66.0 Å². The van der Waals surface area contributed by atoms with Gasteiger partial charge >= 0.3 is 0 Å². The third kappa shape index (κ3) is 4.81. The van der Waals surface area contributed by atoms with Crippen molar-refractivity contribution in [2.24, 2.45) is 5.92 Å². The average Bonchev–Trinajstić information content (AvgIpc) is 2.89. The van der Waals surface area contributed by atoms with Gasteiger partial charge in [-0.15, -0.1) is 0 Å². The first-order chi connectivity index (χ1) is 16.6. The molecule has 1 saturated carbocycles. The van der Waals surface area contributed by atoms with Crippen molar-refractivity contribution in [3.63, 3.8) is 0 Å². The van der Waals surface area contributed by atoms with E-state index in [-0.39, 0.29) is 29.6 Å². The van der Waals surface area contributed by atoms with Crippen LogP contribution in [0.25, 0.3) is 22.2 Å². The number of piperidine rings is 1. The lowest BCUT2D eigenvalue weighted by molar-refractivity contribution is -0.126. The summed E-state index contributed by atoms with van der Waals surface area (Å²) in [5.74, 6) is 0.00771. The van der Waals surface area contributed by atoms with Crippen LogP contribution in [0.1, 0.15) is 55.3 Å². The van der Waals surface area contributed by atoms with Gasteiger partial charge in [0.25, 0.3) is 5.91 Å². The maximum atomic E-state index is 13.6. The van der Waals surface area contributed by atoms with Crippen molar-refractivity contribution < 1.29 is 14.0 Å². The van der Waals surface area contributed by atoms with E-state index in [9.17, 15) is 14.0 Å². The zero-order chi connectivity index (χ0) is 23.5. The Hall–Kier alpha value is -3.28. The van der Waals surface area contributed by atoms with Crippen molar-refractivity contribution in [2.75, 3.05) is 13.1 Å². The summed E-state index contributed by atoms with van der Waals surface area (Å²) in [6, 6.07) is 15.7. The highest BCUT2D eigenvalue weighted by Gasteiger charge is 2.28. The lowest BCUT2D eigenvalue weighted by Gasteiger charge is -2.33. The lowest BCUT2D eigenvalue weighted by Crippen LogP contribution is -2.48. The highest BCUT2D eigenvalue weighted by atomic mass is 19.1. The minimum Gasteiger partial charge on any atom is -0.353 e. The summed E-state index contributed by atoms with van der Waals surface area (Å²) < 4.78 is 13.4. The molecule has 0 unspecified atom stereocenters. The highest BCUT2D eigenvalue weighted by Crippen LogP contribution is 2.28. The number of aromatic nitrogens is 1. The number of carbonyl (C=O) groups is 2. The summed E-state index contributed by atoms with van der Waals surface area (Å²) in [5.41, 5.74) is 2.76. The molecule has 0 radical (unpaired) electrons. The van der Waals surface area contributed by atoms with Crippen molar-refractivity contribution in [3.8, 4) is 11.3 Å². The first-order valence-electron chi connectivity index (χ1n) is 12.3. The summed E-state index contributed by atoms with van der Waals surface area (Å²) in [7, 11) is 0. The third-order valence-electron chi connectivity index (χ3n) is 7.19. The second kappa shape index (κ2) is 9.92. The van der Waals surface area contributed by atoms with Crippen LogP contribution < -0.4 is 5.32 Å². The van der Waals surface area contributed by atoms with E-state index in [4.69, 9.17) is 4.98 Å². The number of para-hydroxylation sites is 1.